The zero-order valence-electron chi connectivity index (χ0n) is 10.9. The Morgan fingerprint density at radius 1 is 1.56 bits per heavy atom. The molecule has 0 aromatic carbocycles. The quantitative estimate of drug-likeness (QED) is 0.684. The lowest BCUT2D eigenvalue weighted by atomic mass is 10.2. The summed E-state index contributed by atoms with van der Waals surface area (Å²) in [5, 5.41) is 0. The molecule has 18 heavy (non-hydrogen) atoms. The lowest BCUT2D eigenvalue weighted by molar-refractivity contribution is 0.232. The van der Waals surface area contributed by atoms with Gasteiger partial charge in [-0.25, -0.2) is 4.39 Å². The summed E-state index contributed by atoms with van der Waals surface area (Å²) in [5.41, 5.74) is 2.06. The topological polar surface area (TPSA) is 12.5 Å². The Bertz CT molecular complexity index is 469. The van der Waals surface area contributed by atoms with Gasteiger partial charge in [-0.15, -0.1) is 0 Å². The van der Waals surface area contributed by atoms with Crippen molar-refractivity contribution in [1.29, 1.82) is 0 Å². The SMILES string of the molecule is C=CC=C(F)C(=C)COC1=CC(C)=CN(C)C1=C. The predicted molar refractivity (Wildman–Crippen MR) is 73.2 cm³/mol. The van der Waals surface area contributed by atoms with Crippen molar-refractivity contribution in [1.82, 2.24) is 4.90 Å². The summed E-state index contributed by atoms with van der Waals surface area (Å²) in [4.78, 5) is 1.86. The number of likely N-dealkylation sites (N-methyl/N-ethyl adjacent to an activating group) is 1. The van der Waals surface area contributed by atoms with E-state index >= 15 is 0 Å². The van der Waals surface area contributed by atoms with Crippen molar-refractivity contribution in [2.75, 3.05) is 13.7 Å². The zero-order valence-corrected chi connectivity index (χ0v) is 10.9. The summed E-state index contributed by atoms with van der Waals surface area (Å²) in [7, 11) is 1.88. The van der Waals surface area contributed by atoms with Gasteiger partial charge in [0.1, 0.15) is 18.2 Å². The molecule has 0 saturated carbocycles. The molecule has 0 amide bonds. The fourth-order valence-corrected chi connectivity index (χ4v) is 1.46. The Morgan fingerprint density at radius 2 is 2.22 bits per heavy atom. The van der Waals surface area contributed by atoms with Crippen molar-refractivity contribution in [3.8, 4) is 0 Å². The lowest BCUT2D eigenvalue weighted by Gasteiger charge is -2.25. The van der Waals surface area contributed by atoms with Gasteiger partial charge in [0.2, 0.25) is 0 Å². The van der Waals surface area contributed by atoms with Crippen LogP contribution in [-0.4, -0.2) is 18.6 Å². The van der Waals surface area contributed by atoms with E-state index in [0.717, 1.165) is 11.3 Å². The van der Waals surface area contributed by atoms with Crippen molar-refractivity contribution in [3.63, 3.8) is 0 Å². The summed E-state index contributed by atoms with van der Waals surface area (Å²) in [6.07, 6.45) is 6.44. The molecule has 1 heterocycles. The van der Waals surface area contributed by atoms with Gasteiger partial charge >= 0.3 is 0 Å². The highest BCUT2D eigenvalue weighted by Gasteiger charge is 2.14. The van der Waals surface area contributed by atoms with Gasteiger partial charge in [-0.05, 0) is 24.6 Å². The maximum Gasteiger partial charge on any atom is 0.143 e. The minimum Gasteiger partial charge on any atom is -0.487 e. The van der Waals surface area contributed by atoms with Gasteiger partial charge in [-0.1, -0.05) is 25.8 Å². The highest BCUT2D eigenvalue weighted by atomic mass is 19.1. The van der Waals surface area contributed by atoms with Gasteiger partial charge in [-0.2, -0.15) is 0 Å². The molecular formula is C15H18FNO. The first-order chi connectivity index (χ1) is 8.45. The van der Waals surface area contributed by atoms with Crippen LogP contribution in [0, 0.1) is 0 Å². The van der Waals surface area contributed by atoms with E-state index in [9.17, 15) is 4.39 Å². The predicted octanol–water partition coefficient (Wildman–Crippen LogP) is 3.85. The van der Waals surface area contributed by atoms with Crippen LogP contribution in [0.5, 0.6) is 0 Å². The fraction of sp³-hybridized carbons (Fsp3) is 0.200. The molecule has 0 radical (unpaired) electrons. The summed E-state index contributed by atoms with van der Waals surface area (Å²) in [6.45, 7) is 13.0. The van der Waals surface area contributed by atoms with Crippen LogP contribution in [0.15, 0.2) is 72.6 Å². The summed E-state index contributed by atoms with van der Waals surface area (Å²) < 4.78 is 18.9. The third-order valence-electron chi connectivity index (χ3n) is 2.47. The maximum absolute atomic E-state index is 13.3. The van der Waals surface area contributed by atoms with E-state index in [1.165, 1.54) is 12.2 Å². The van der Waals surface area contributed by atoms with Gasteiger partial charge in [0.15, 0.2) is 0 Å². The normalized spacial score (nSPS) is 16.1. The molecule has 0 spiro atoms. The van der Waals surface area contributed by atoms with Crippen molar-refractivity contribution in [2.45, 2.75) is 6.92 Å². The van der Waals surface area contributed by atoms with Gasteiger partial charge in [0.05, 0.1) is 5.70 Å². The Morgan fingerprint density at radius 3 is 2.83 bits per heavy atom. The number of nitrogens with zero attached hydrogens (tertiary/aromatic N) is 1. The van der Waals surface area contributed by atoms with Crippen LogP contribution in [0.2, 0.25) is 0 Å². The van der Waals surface area contributed by atoms with E-state index in [1.54, 1.807) is 0 Å². The van der Waals surface area contributed by atoms with Crippen LogP contribution in [0.25, 0.3) is 0 Å². The molecule has 0 aromatic rings. The van der Waals surface area contributed by atoms with Gasteiger partial charge < -0.3 is 9.64 Å². The highest BCUT2D eigenvalue weighted by Crippen LogP contribution is 2.23. The van der Waals surface area contributed by atoms with Crippen LogP contribution in [0.1, 0.15) is 6.92 Å². The van der Waals surface area contributed by atoms with Crippen LogP contribution in [-0.2, 0) is 4.74 Å². The molecule has 0 fully saturated rings. The van der Waals surface area contributed by atoms with Crippen molar-refractivity contribution >= 4 is 0 Å². The van der Waals surface area contributed by atoms with Crippen LogP contribution >= 0.6 is 0 Å². The number of allylic oxidation sites excluding steroid dienone is 4. The average Bonchev–Trinajstić information content (AvgIpc) is 2.31. The monoisotopic (exact) mass is 247 g/mol. The van der Waals surface area contributed by atoms with E-state index in [4.69, 9.17) is 4.74 Å². The first-order valence-corrected chi connectivity index (χ1v) is 5.57. The molecule has 3 heteroatoms. The van der Waals surface area contributed by atoms with Crippen LogP contribution in [0.3, 0.4) is 0 Å². The minimum absolute atomic E-state index is 0.0855. The minimum atomic E-state index is -0.423. The first-order valence-electron chi connectivity index (χ1n) is 5.57. The number of halogens is 1. The summed E-state index contributed by atoms with van der Waals surface area (Å²) in [6, 6.07) is 0. The number of ether oxygens (including phenoxy) is 1. The lowest BCUT2D eigenvalue weighted by Crippen LogP contribution is -2.17. The van der Waals surface area contributed by atoms with Gasteiger partial charge in [0, 0.05) is 18.8 Å². The zero-order chi connectivity index (χ0) is 13.7. The Hall–Kier alpha value is -2.03. The van der Waals surface area contributed by atoms with E-state index in [-0.39, 0.29) is 12.2 Å². The molecule has 0 N–H and O–H groups in total. The van der Waals surface area contributed by atoms with E-state index in [0.29, 0.717) is 5.76 Å². The van der Waals surface area contributed by atoms with Gasteiger partial charge in [-0.3, -0.25) is 0 Å². The molecule has 0 bridgehead atoms. The molecule has 0 saturated heterocycles. The summed E-state index contributed by atoms with van der Waals surface area (Å²) >= 11 is 0. The Labute approximate surface area is 108 Å². The second-order valence-corrected chi connectivity index (χ2v) is 4.08. The van der Waals surface area contributed by atoms with Crippen LogP contribution in [0.4, 0.5) is 4.39 Å². The van der Waals surface area contributed by atoms with E-state index < -0.39 is 5.83 Å². The Balaban J connectivity index is 2.67. The number of hydrogen-bond donors (Lipinski definition) is 0. The number of rotatable bonds is 5. The molecule has 0 aliphatic carbocycles. The molecular weight excluding hydrogens is 229 g/mol. The summed E-state index contributed by atoms with van der Waals surface area (Å²) in [5.74, 6) is 0.206. The maximum atomic E-state index is 13.3. The van der Waals surface area contributed by atoms with Crippen molar-refractivity contribution < 1.29 is 9.13 Å². The molecule has 0 aromatic heterocycles. The third kappa shape index (κ3) is 3.48. The second-order valence-electron chi connectivity index (χ2n) is 4.08. The van der Waals surface area contributed by atoms with E-state index in [1.807, 2.05) is 31.1 Å². The van der Waals surface area contributed by atoms with Crippen molar-refractivity contribution in [2.24, 2.45) is 0 Å². The standard InChI is InChI=1S/C15H18FNO/c1-6-7-14(16)12(3)10-18-15-8-11(2)9-17(5)13(15)4/h6-9H,1,3-4,10H2,2,5H3. The molecule has 0 unspecified atom stereocenters. The third-order valence-corrected chi connectivity index (χ3v) is 2.47. The molecule has 1 rings (SSSR count). The first kappa shape index (κ1) is 14.0. The smallest absolute Gasteiger partial charge is 0.143 e. The molecule has 1 aliphatic rings. The molecule has 0 atom stereocenters. The second kappa shape index (κ2) is 6.05. The fourth-order valence-electron chi connectivity index (χ4n) is 1.46. The Kier molecular flexibility index (Phi) is 4.72. The molecule has 1 aliphatic heterocycles. The average molecular weight is 247 g/mol. The van der Waals surface area contributed by atoms with Crippen molar-refractivity contribution in [3.05, 3.63) is 72.6 Å². The molecule has 96 valence electrons. The van der Waals surface area contributed by atoms with Gasteiger partial charge in [0.25, 0.3) is 0 Å². The van der Waals surface area contributed by atoms with Crippen LogP contribution < -0.4 is 0 Å². The molecule has 2 nitrogen and oxygen atoms in total. The highest BCUT2D eigenvalue weighted by molar-refractivity contribution is 5.36. The number of hydrogen-bond acceptors (Lipinski definition) is 2. The largest absolute Gasteiger partial charge is 0.487 e. The van der Waals surface area contributed by atoms with E-state index in [2.05, 4.69) is 19.7 Å².